The zero-order valence-corrected chi connectivity index (χ0v) is 37.5. The SMILES string of the molecule is CC(C)N=C1C=CC=C(N(C2=CC=C(c3ccccc3)C(=N)C2=NC(C)C)c2ccc(-c3ccc(-c4cccc5c6ccccc6n(-c6ccccc6)c45)cc3)c3c2=NC(C)(C)N=3)C1=N. The van der Waals surface area contributed by atoms with Crippen LogP contribution in [0.15, 0.2) is 201 Å². The molecule has 2 heterocycles. The van der Waals surface area contributed by atoms with Crippen LogP contribution in [0.4, 0.5) is 5.69 Å². The Labute approximate surface area is 379 Å². The minimum Gasteiger partial charge on any atom is -0.309 e. The molecule has 65 heavy (non-hydrogen) atoms. The number of hydrogen-bond acceptors (Lipinski definition) is 7. The number of rotatable bonds is 9. The molecule has 0 amide bonds. The normalized spacial score (nSPS) is 16.8. The largest absolute Gasteiger partial charge is 0.309 e. The molecule has 6 aromatic carbocycles. The predicted octanol–water partition coefficient (Wildman–Crippen LogP) is 12.1. The van der Waals surface area contributed by atoms with E-state index in [1.54, 1.807) is 0 Å². The first-order chi connectivity index (χ1) is 31.5. The molecule has 1 aliphatic heterocycles. The average molecular weight is 847 g/mol. The molecule has 0 fully saturated rings. The van der Waals surface area contributed by atoms with Crippen molar-refractivity contribution in [2.45, 2.75) is 59.3 Å². The lowest BCUT2D eigenvalue weighted by Gasteiger charge is -2.34. The number of nitrogens with zero attached hydrogens (tertiary/aromatic N) is 6. The summed E-state index contributed by atoms with van der Waals surface area (Å²) in [6.45, 7) is 12.1. The van der Waals surface area contributed by atoms with Crippen LogP contribution in [0.2, 0.25) is 0 Å². The van der Waals surface area contributed by atoms with Crippen LogP contribution in [-0.2, 0) is 0 Å². The Kier molecular flexibility index (Phi) is 10.4. The summed E-state index contributed by atoms with van der Waals surface area (Å²) in [5, 5.41) is 23.2. The van der Waals surface area contributed by atoms with Crippen LogP contribution in [0.3, 0.4) is 0 Å². The molecule has 3 aliphatic rings. The number of benzene rings is 6. The molecule has 7 aromatic rings. The topological polar surface area (TPSA) is 105 Å². The van der Waals surface area contributed by atoms with Gasteiger partial charge in [-0.1, -0.05) is 115 Å². The monoisotopic (exact) mass is 846 g/mol. The van der Waals surface area contributed by atoms with Gasteiger partial charge in [0.05, 0.1) is 44.9 Å². The Hall–Kier alpha value is -7.84. The fraction of sp³-hybridized carbons (Fsp3) is 0.158. The van der Waals surface area contributed by atoms with Crippen LogP contribution in [0.5, 0.6) is 0 Å². The lowest BCUT2D eigenvalue weighted by atomic mass is 9.90. The molecule has 2 N–H and O–H groups in total. The number of allylic oxidation sites excluding steroid dienone is 8. The molecule has 0 bridgehead atoms. The molecule has 0 atom stereocenters. The fourth-order valence-corrected chi connectivity index (χ4v) is 9.20. The highest BCUT2D eigenvalue weighted by atomic mass is 15.2. The van der Waals surface area contributed by atoms with Crippen molar-refractivity contribution in [1.29, 1.82) is 10.8 Å². The highest BCUT2D eigenvalue weighted by Gasteiger charge is 2.34. The van der Waals surface area contributed by atoms with Crippen LogP contribution in [0.25, 0.3) is 55.3 Å². The summed E-state index contributed by atoms with van der Waals surface area (Å²) < 4.78 is 2.38. The van der Waals surface area contributed by atoms with Gasteiger partial charge in [-0.3, -0.25) is 30.8 Å². The van der Waals surface area contributed by atoms with Gasteiger partial charge in [-0.25, -0.2) is 0 Å². The molecule has 10 rings (SSSR count). The van der Waals surface area contributed by atoms with Gasteiger partial charge < -0.3 is 9.47 Å². The molecule has 0 saturated heterocycles. The smallest absolute Gasteiger partial charge is 0.146 e. The van der Waals surface area contributed by atoms with E-state index in [2.05, 4.69) is 114 Å². The Bertz CT molecular complexity index is 3410. The molecule has 8 nitrogen and oxygen atoms in total. The molecular weight excluding hydrogens is 797 g/mol. The predicted molar refractivity (Wildman–Crippen MR) is 271 cm³/mol. The van der Waals surface area contributed by atoms with Crippen molar-refractivity contribution in [3.8, 4) is 27.9 Å². The van der Waals surface area contributed by atoms with Gasteiger partial charge in [0.25, 0.3) is 0 Å². The molecular formula is C57H50N8. The molecule has 0 spiro atoms. The molecule has 318 valence electrons. The van der Waals surface area contributed by atoms with Gasteiger partial charge in [-0.15, -0.1) is 0 Å². The number of nitrogens with one attached hydrogen (secondary N) is 2. The zero-order chi connectivity index (χ0) is 45.0. The third-order valence-electron chi connectivity index (χ3n) is 11.9. The van der Waals surface area contributed by atoms with Crippen LogP contribution < -0.4 is 15.6 Å². The standard InChI is InChI=1S/C57H50N8/c1-35(2)60-46-24-16-26-48(52(46)59)65(49-33-31-41(37-17-9-7-10-18-37)51(58)54(49)61-36(3)4)50-34-32-42(53-55(50)63-57(5,6)62-53)38-27-29-39(30-28-38)43-22-15-23-45-44-21-13-14-25-47(44)64(56(43)45)40-19-11-8-12-20-40/h7-36,58-59H,1-6H3. The first kappa shape index (κ1) is 41.2. The van der Waals surface area contributed by atoms with E-state index in [1.807, 2.05) is 107 Å². The van der Waals surface area contributed by atoms with E-state index in [4.69, 9.17) is 20.0 Å². The van der Waals surface area contributed by atoms with E-state index in [9.17, 15) is 10.8 Å². The van der Waals surface area contributed by atoms with Crippen molar-refractivity contribution in [3.63, 3.8) is 0 Å². The highest BCUT2D eigenvalue weighted by Crippen LogP contribution is 2.39. The van der Waals surface area contributed by atoms with Crippen LogP contribution in [0.1, 0.15) is 47.1 Å². The lowest BCUT2D eigenvalue weighted by Crippen LogP contribution is -2.42. The maximum absolute atomic E-state index is 9.67. The van der Waals surface area contributed by atoms with E-state index in [0.29, 0.717) is 33.9 Å². The average Bonchev–Trinajstić information content (AvgIpc) is 3.83. The number of aliphatic imine (C=N–C) groups is 2. The maximum atomic E-state index is 9.67. The van der Waals surface area contributed by atoms with E-state index in [0.717, 1.165) is 50.1 Å². The third-order valence-corrected chi connectivity index (χ3v) is 11.9. The quantitative estimate of drug-likeness (QED) is 0.139. The van der Waals surface area contributed by atoms with Gasteiger partial charge >= 0.3 is 0 Å². The van der Waals surface area contributed by atoms with Crippen molar-refractivity contribution >= 4 is 55.9 Å². The highest BCUT2D eigenvalue weighted by molar-refractivity contribution is 6.63. The summed E-state index contributed by atoms with van der Waals surface area (Å²) in [6.07, 6.45) is 9.81. The molecule has 8 heteroatoms. The minimum absolute atomic E-state index is 0.00859. The molecule has 2 aliphatic carbocycles. The zero-order valence-electron chi connectivity index (χ0n) is 37.5. The van der Waals surface area contributed by atoms with Crippen LogP contribution >= 0.6 is 0 Å². The minimum atomic E-state index is -0.749. The van der Waals surface area contributed by atoms with Gasteiger partial charge in [0.1, 0.15) is 22.4 Å². The van der Waals surface area contributed by atoms with E-state index in [1.165, 1.54) is 21.8 Å². The van der Waals surface area contributed by atoms with Gasteiger partial charge in [0, 0.05) is 45.2 Å². The van der Waals surface area contributed by atoms with Crippen molar-refractivity contribution in [3.05, 3.63) is 198 Å². The van der Waals surface area contributed by atoms with Gasteiger partial charge in [0.15, 0.2) is 0 Å². The Balaban J connectivity index is 1.14. The van der Waals surface area contributed by atoms with Crippen molar-refractivity contribution < 1.29 is 0 Å². The van der Waals surface area contributed by atoms with E-state index < -0.39 is 5.66 Å². The van der Waals surface area contributed by atoms with Crippen molar-refractivity contribution in [2.75, 3.05) is 4.90 Å². The van der Waals surface area contributed by atoms with Crippen LogP contribution in [0, 0.1) is 10.8 Å². The first-order valence-corrected chi connectivity index (χ1v) is 22.3. The van der Waals surface area contributed by atoms with Crippen molar-refractivity contribution in [2.24, 2.45) is 20.0 Å². The molecule has 1 aromatic heterocycles. The van der Waals surface area contributed by atoms with Gasteiger partial charge in [0.2, 0.25) is 0 Å². The van der Waals surface area contributed by atoms with E-state index in [-0.39, 0.29) is 17.8 Å². The molecule has 0 saturated carbocycles. The number of para-hydroxylation sites is 3. The Morgan fingerprint density at radius 1 is 0.569 bits per heavy atom. The Morgan fingerprint density at radius 2 is 1.22 bits per heavy atom. The summed E-state index contributed by atoms with van der Waals surface area (Å²) in [5.41, 5.74) is 12.4. The first-order valence-electron chi connectivity index (χ1n) is 22.3. The van der Waals surface area contributed by atoms with Crippen molar-refractivity contribution in [1.82, 2.24) is 4.57 Å². The fourth-order valence-electron chi connectivity index (χ4n) is 9.20. The second-order valence-corrected chi connectivity index (χ2v) is 17.7. The third kappa shape index (κ3) is 7.40. The number of hydrogen-bond donors (Lipinski definition) is 2. The summed E-state index contributed by atoms with van der Waals surface area (Å²) in [5.74, 6) is 0. The summed E-state index contributed by atoms with van der Waals surface area (Å²) in [7, 11) is 0. The second kappa shape index (κ2) is 16.4. The lowest BCUT2D eigenvalue weighted by molar-refractivity contribution is 0.549. The summed E-state index contributed by atoms with van der Waals surface area (Å²) in [6, 6.07) is 48.7. The maximum Gasteiger partial charge on any atom is 0.146 e. The summed E-state index contributed by atoms with van der Waals surface area (Å²) >= 11 is 0. The number of anilines is 1. The second-order valence-electron chi connectivity index (χ2n) is 17.7. The van der Waals surface area contributed by atoms with Crippen LogP contribution in [-0.4, -0.2) is 45.2 Å². The van der Waals surface area contributed by atoms with Gasteiger partial charge in [-0.05, 0) is 113 Å². The molecule has 0 unspecified atom stereocenters. The summed E-state index contributed by atoms with van der Waals surface area (Å²) in [4.78, 5) is 22.6. The molecule has 0 radical (unpaired) electrons. The van der Waals surface area contributed by atoms with Gasteiger partial charge in [-0.2, -0.15) is 0 Å². The Morgan fingerprint density at radius 3 is 1.94 bits per heavy atom. The number of fused-ring (bicyclic) bond motifs is 4. The number of aromatic nitrogens is 1. The van der Waals surface area contributed by atoms with E-state index >= 15 is 0 Å².